The van der Waals surface area contributed by atoms with Crippen molar-refractivity contribution in [3.05, 3.63) is 0 Å². The van der Waals surface area contributed by atoms with Crippen molar-refractivity contribution in [2.24, 2.45) is 11.7 Å². The zero-order valence-electron chi connectivity index (χ0n) is 10.9. The van der Waals surface area contributed by atoms with Gasteiger partial charge in [-0.3, -0.25) is 4.90 Å². The molecular formula is C13H27N3. The molecule has 1 saturated heterocycles. The van der Waals surface area contributed by atoms with Crippen LogP contribution < -0.4 is 5.73 Å². The molecule has 0 radical (unpaired) electrons. The molecule has 2 fully saturated rings. The summed E-state index contributed by atoms with van der Waals surface area (Å²) in [7, 11) is 2.21. The van der Waals surface area contributed by atoms with Gasteiger partial charge in [0.1, 0.15) is 0 Å². The highest BCUT2D eigenvalue weighted by Gasteiger charge is 2.35. The van der Waals surface area contributed by atoms with Gasteiger partial charge in [-0.2, -0.15) is 0 Å². The van der Waals surface area contributed by atoms with E-state index in [9.17, 15) is 0 Å². The van der Waals surface area contributed by atoms with Gasteiger partial charge in [-0.25, -0.2) is 0 Å². The van der Waals surface area contributed by atoms with Gasteiger partial charge in [0.25, 0.3) is 0 Å². The molecule has 3 heteroatoms. The predicted molar refractivity (Wildman–Crippen MR) is 68.5 cm³/mol. The Bertz CT molecular complexity index is 219. The maximum absolute atomic E-state index is 6.04. The summed E-state index contributed by atoms with van der Waals surface area (Å²) in [6.45, 7) is 7.96. The molecular weight excluding hydrogens is 198 g/mol. The molecule has 1 atom stereocenters. The van der Waals surface area contributed by atoms with Gasteiger partial charge in [0.2, 0.25) is 0 Å². The van der Waals surface area contributed by atoms with E-state index in [0.29, 0.717) is 0 Å². The fourth-order valence-electron chi connectivity index (χ4n) is 3.01. The molecule has 3 nitrogen and oxygen atoms in total. The molecule has 0 bridgehead atoms. The zero-order chi connectivity index (χ0) is 11.6. The third kappa shape index (κ3) is 2.58. The van der Waals surface area contributed by atoms with E-state index < -0.39 is 0 Å². The Hall–Kier alpha value is -0.120. The molecule has 0 aromatic carbocycles. The highest BCUT2D eigenvalue weighted by molar-refractivity contribution is 4.93. The quantitative estimate of drug-likeness (QED) is 0.779. The van der Waals surface area contributed by atoms with Crippen LogP contribution in [-0.2, 0) is 0 Å². The van der Waals surface area contributed by atoms with E-state index in [1.54, 1.807) is 0 Å². The Balaban J connectivity index is 1.90. The molecule has 1 heterocycles. The van der Waals surface area contributed by atoms with Crippen molar-refractivity contribution >= 4 is 0 Å². The van der Waals surface area contributed by atoms with E-state index in [-0.39, 0.29) is 5.54 Å². The highest BCUT2D eigenvalue weighted by atomic mass is 15.3. The van der Waals surface area contributed by atoms with Crippen LogP contribution in [0, 0.1) is 5.92 Å². The lowest BCUT2D eigenvalue weighted by Gasteiger charge is -2.47. The molecule has 1 aliphatic heterocycles. The average Bonchev–Trinajstić information content (AvgIpc) is 2.24. The van der Waals surface area contributed by atoms with Crippen LogP contribution in [0.3, 0.4) is 0 Å². The summed E-state index contributed by atoms with van der Waals surface area (Å²) in [6, 6.07) is 0. The van der Waals surface area contributed by atoms with Gasteiger partial charge in [0, 0.05) is 38.3 Å². The smallest absolute Gasteiger partial charge is 0.0307 e. The van der Waals surface area contributed by atoms with Gasteiger partial charge >= 0.3 is 0 Å². The van der Waals surface area contributed by atoms with Gasteiger partial charge in [-0.1, -0.05) is 19.3 Å². The standard InChI is InChI=1S/C13H27N3/c1-13(11-14,10-12-4-3-5-12)16-8-6-15(2)7-9-16/h12H,3-11,14H2,1-2H3. The van der Waals surface area contributed by atoms with Crippen molar-refractivity contribution in [3.8, 4) is 0 Å². The lowest BCUT2D eigenvalue weighted by Crippen LogP contribution is -2.59. The second kappa shape index (κ2) is 5.03. The van der Waals surface area contributed by atoms with Crippen molar-refractivity contribution in [1.82, 2.24) is 9.80 Å². The SMILES string of the molecule is CN1CCN(C(C)(CN)CC2CCC2)CC1. The second-order valence-corrected chi connectivity index (χ2v) is 5.99. The van der Waals surface area contributed by atoms with Gasteiger partial charge in [-0.15, -0.1) is 0 Å². The zero-order valence-corrected chi connectivity index (χ0v) is 10.9. The molecule has 2 rings (SSSR count). The normalized spacial score (nSPS) is 28.7. The van der Waals surface area contributed by atoms with Crippen LogP contribution in [0.1, 0.15) is 32.6 Å². The van der Waals surface area contributed by atoms with Crippen molar-refractivity contribution in [2.75, 3.05) is 39.8 Å². The predicted octanol–water partition coefficient (Wildman–Crippen LogP) is 1.14. The maximum atomic E-state index is 6.04. The van der Waals surface area contributed by atoms with Crippen LogP contribution in [0.25, 0.3) is 0 Å². The van der Waals surface area contributed by atoms with E-state index in [4.69, 9.17) is 5.73 Å². The van der Waals surface area contributed by atoms with Crippen molar-refractivity contribution in [2.45, 2.75) is 38.1 Å². The first-order valence-corrected chi connectivity index (χ1v) is 6.78. The van der Waals surface area contributed by atoms with Gasteiger partial charge in [-0.05, 0) is 26.3 Å². The molecule has 0 amide bonds. The summed E-state index contributed by atoms with van der Waals surface area (Å²) in [5.74, 6) is 0.952. The van der Waals surface area contributed by atoms with E-state index >= 15 is 0 Å². The fourth-order valence-corrected chi connectivity index (χ4v) is 3.01. The Morgan fingerprint density at radius 2 is 1.81 bits per heavy atom. The summed E-state index contributed by atoms with van der Waals surface area (Å²) >= 11 is 0. The minimum atomic E-state index is 0.256. The minimum absolute atomic E-state index is 0.256. The maximum Gasteiger partial charge on any atom is 0.0307 e. The molecule has 94 valence electrons. The number of rotatable bonds is 4. The third-order valence-electron chi connectivity index (χ3n) is 4.66. The van der Waals surface area contributed by atoms with Crippen LogP contribution in [0.4, 0.5) is 0 Å². The van der Waals surface area contributed by atoms with Crippen LogP contribution in [-0.4, -0.2) is 55.1 Å². The summed E-state index contributed by atoms with van der Waals surface area (Å²) in [5.41, 5.74) is 6.30. The Morgan fingerprint density at radius 3 is 2.25 bits per heavy atom. The monoisotopic (exact) mass is 225 g/mol. The largest absolute Gasteiger partial charge is 0.329 e. The van der Waals surface area contributed by atoms with Gasteiger partial charge in [0.15, 0.2) is 0 Å². The Kier molecular flexibility index (Phi) is 3.88. The highest BCUT2D eigenvalue weighted by Crippen LogP contribution is 2.35. The first kappa shape index (κ1) is 12.3. The van der Waals surface area contributed by atoms with Crippen LogP contribution in [0.15, 0.2) is 0 Å². The van der Waals surface area contributed by atoms with Crippen LogP contribution in [0.2, 0.25) is 0 Å². The summed E-state index contributed by atoms with van der Waals surface area (Å²) in [6.07, 6.45) is 5.62. The molecule has 1 aliphatic carbocycles. The van der Waals surface area contributed by atoms with Crippen molar-refractivity contribution in [1.29, 1.82) is 0 Å². The average molecular weight is 225 g/mol. The van der Waals surface area contributed by atoms with E-state index in [2.05, 4.69) is 23.8 Å². The number of hydrogen-bond donors (Lipinski definition) is 1. The molecule has 16 heavy (non-hydrogen) atoms. The Morgan fingerprint density at radius 1 is 1.19 bits per heavy atom. The Labute approximate surface area is 100.0 Å². The number of likely N-dealkylation sites (N-methyl/N-ethyl adjacent to an activating group) is 1. The summed E-state index contributed by atoms with van der Waals surface area (Å²) in [5, 5.41) is 0. The topological polar surface area (TPSA) is 32.5 Å². The molecule has 2 N–H and O–H groups in total. The summed E-state index contributed by atoms with van der Waals surface area (Å²) < 4.78 is 0. The summed E-state index contributed by atoms with van der Waals surface area (Å²) in [4.78, 5) is 5.04. The molecule has 2 aliphatic rings. The number of hydrogen-bond acceptors (Lipinski definition) is 3. The lowest BCUT2D eigenvalue weighted by molar-refractivity contribution is 0.0298. The molecule has 1 saturated carbocycles. The van der Waals surface area contributed by atoms with E-state index in [0.717, 1.165) is 12.5 Å². The molecule has 0 aromatic heterocycles. The molecule has 0 spiro atoms. The number of nitrogens with two attached hydrogens (primary N) is 1. The number of nitrogens with zero attached hydrogens (tertiary/aromatic N) is 2. The molecule has 1 unspecified atom stereocenters. The van der Waals surface area contributed by atoms with E-state index in [1.165, 1.54) is 51.9 Å². The molecule has 0 aromatic rings. The lowest BCUT2D eigenvalue weighted by atomic mass is 9.75. The van der Waals surface area contributed by atoms with Crippen LogP contribution in [0.5, 0.6) is 0 Å². The fraction of sp³-hybridized carbons (Fsp3) is 1.00. The third-order valence-corrected chi connectivity index (χ3v) is 4.66. The van der Waals surface area contributed by atoms with Crippen molar-refractivity contribution < 1.29 is 0 Å². The first-order valence-electron chi connectivity index (χ1n) is 6.78. The van der Waals surface area contributed by atoms with Crippen molar-refractivity contribution in [3.63, 3.8) is 0 Å². The van der Waals surface area contributed by atoms with Gasteiger partial charge < -0.3 is 10.6 Å². The van der Waals surface area contributed by atoms with E-state index in [1.807, 2.05) is 0 Å². The van der Waals surface area contributed by atoms with Crippen LogP contribution >= 0.6 is 0 Å². The van der Waals surface area contributed by atoms with Gasteiger partial charge in [0.05, 0.1) is 0 Å². The second-order valence-electron chi connectivity index (χ2n) is 5.99. The minimum Gasteiger partial charge on any atom is -0.329 e. The number of piperazine rings is 1. The first-order chi connectivity index (χ1) is 7.64.